The third-order valence-electron chi connectivity index (χ3n) is 6.13. The average Bonchev–Trinajstić information content (AvgIpc) is 2.72. The Morgan fingerprint density at radius 2 is 1.82 bits per heavy atom. The van der Waals surface area contributed by atoms with E-state index >= 15 is 0 Å². The van der Waals surface area contributed by atoms with E-state index in [4.69, 9.17) is 9.47 Å². The fourth-order valence-corrected chi connectivity index (χ4v) is 4.97. The predicted molar refractivity (Wildman–Crippen MR) is 117 cm³/mol. The maximum atomic E-state index is 12.9. The van der Waals surface area contributed by atoms with Crippen LogP contribution in [-0.4, -0.2) is 25.5 Å². The Kier molecular flexibility index (Phi) is 5.91. The molecule has 0 N–H and O–H groups in total. The summed E-state index contributed by atoms with van der Waals surface area (Å²) in [5.41, 5.74) is -4.54. The van der Waals surface area contributed by atoms with Crippen molar-refractivity contribution < 1.29 is 40.0 Å². The van der Waals surface area contributed by atoms with Crippen LogP contribution in [0.1, 0.15) is 55.5 Å². The smallest absolute Gasteiger partial charge is 0.487 e. The van der Waals surface area contributed by atoms with Crippen molar-refractivity contribution in [2.45, 2.75) is 50.6 Å². The molecule has 10 heteroatoms. The van der Waals surface area contributed by atoms with E-state index < -0.39 is 32.9 Å². The van der Waals surface area contributed by atoms with E-state index in [0.29, 0.717) is 5.56 Å². The summed E-state index contributed by atoms with van der Waals surface area (Å²) in [5.74, 6) is -1.68. The number of allylic oxidation sites excluding steroid dienone is 2. The molecule has 182 valence electrons. The Balaban J connectivity index is 1.86. The maximum absolute atomic E-state index is 12.9. The normalized spacial score (nSPS) is 21.4. The predicted octanol–water partition coefficient (Wildman–Crippen LogP) is 5.75. The van der Waals surface area contributed by atoms with Gasteiger partial charge in [-0.15, -0.1) is 0 Å². The molecule has 0 fully saturated rings. The highest BCUT2D eigenvalue weighted by molar-refractivity contribution is 7.88. The lowest BCUT2D eigenvalue weighted by atomic mass is 9.68. The van der Waals surface area contributed by atoms with Crippen molar-refractivity contribution in [3.05, 3.63) is 65.2 Å². The highest BCUT2D eigenvalue weighted by Gasteiger charge is 2.50. The lowest BCUT2D eigenvalue weighted by molar-refractivity contribution is -0.0500. The first-order valence-corrected chi connectivity index (χ1v) is 12.0. The van der Waals surface area contributed by atoms with Crippen LogP contribution in [-0.2, 0) is 10.1 Å². The van der Waals surface area contributed by atoms with Gasteiger partial charge in [0.2, 0.25) is 0 Å². The fraction of sp³-hybridized carbons (Fsp3) is 0.375. The molecule has 0 radical (unpaired) electrons. The highest BCUT2D eigenvalue weighted by Crippen LogP contribution is 2.54. The first-order valence-electron chi connectivity index (χ1n) is 10.6. The topological polar surface area (TPSA) is 78.9 Å². The third kappa shape index (κ3) is 4.51. The van der Waals surface area contributed by atoms with Crippen molar-refractivity contribution in [2.24, 2.45) is 5.92 Å². The second-order valence-corrected chi connectivity index (χ2v) is 10.5. The molecule has 0 saturated carbocycles. The number of esters is 1. The van der Waals surface area contributed by atoms with E-state index in [1.165, 1.54) is 12.1 Å². The third-order valence-corrected chi connectivity index (χ3v) is 7.10. The molecular formula is C24H23F3O6S. The van der Waals surface area contributed by atoms with Crippen LogP contribution in [0.3, 0.4) is 0 Å². The highest BCUT2D eigenvalue weighted by atomic mass is 32.2. The minimum Gasteiger partial charge on any atom is -0.487 e. The monoisotopic (exact) mass is 496 g/mol. The van der Waals surface area contributed by atoms with E-state index in [9.17, 15) is 26.4 Å². The number of halogens is 3. The van der Waals surface area contributed by atoms with Crippen molar-refractivity contribution in [1.29, 1.82) is 0 Å². The van der Waals surface area contributed by atoms with Crippen molar-refractivity contribution in [3.8, 4) is 17.2 Å². The summed E-state index contributed by atoms with van der Waals surface area (Å²) < 4.78 is 78.1. The number of alkyl halides is 3. The zero-order valence-corrected chi connectivity index (χ0v) is 19.5. The summed E-state index contributed by atoms with van der Waals surface area (Å²) in [6, 6.07) is 10.1. The molecule has 1 aliphatic heterocycles. The number of hydrogen-bond donors (Lipinski definition) is 0. The van der Waals surface area contributed by atoms with Crippen molar-refractivity contribution in [1.82, 2.24) is 0 Å². The van der Waals surface area contributed by atoms with Gasteiger partial charge in [0.25, 0.3) is 0 Å². The van der Waals surface area contributed by atoms with Gasteiger partial charge in [0.05, 0.1) is 5.56 Å². The summed E-state index contributed by atoms with van der Waals surface area (Å²) in [5, 5.41) is 0. The Morgan fingerprint density at radius 3 is 2.47 bits per heavy atom. The Morgan fingerprint density at radius 1 is 1.15 bits per heavy atom. The van der Waals surface area contributed by atoms with Gasteiger partial charge in [0, 0.05) is 29.5 Å². The van der Waals surface area contributed by atoms with Crippen LogP contribution in [0.15, 0.2) is 54.1 Å². The van der Waals surface area contributed by atoms with Crippen molar-refractivity contribution in [3.63, 3.8) is 0 Å². The van der Waals surface area contributed by atoms with Crippen LogP contribution in [0.4, 0.5) is 13.2 Å². The number of benzene rings is 2. The van der Waals surface area contributed by atoms with Gasteiger partial charge in [0.1, 0.15) is 22.8 Å². The molecule has 2 atom stereocenters. The molecule has 4 rings (SSSR count). The molecule has 6 nitrogen and oxygen atoms in total. The first-order chi connectivity index (χ1) is 15.8. The van der Waals surface area contributed by atoms with Gasteiger partial charge in [0.15, 0.2) is 0 Å². The molecular weight excluding hydrogens is 473 g/mol. The van der Waals surface area contributed by atoms with Crippen molar-refractivity contribution >= 4 is 16.1 Å². The molecule has 2 unspecified atom stereocenters. The second-order valence-electron chi connectivity index (χ2n) is 8.96. The average molecular weight is 497 g/mol. The van der Waals surface area contributed by atoms with Crippen LogP contribution in [0.2, 0.25) is 0 Å². The maximum Gasteiger partial charge on any atom is 0.534 e. The van der Waals surface area contributed by atoms with Gasteiger partial charge in [-0.2, -0.15) is 21.6 Å². The Labute approximate surface area is 195 Å². The van der Waals surface area contributed by atoms with Crippen LogP contribution >= 0.6 is 0 Å². The van der Waals surface area contributed by atoms with Crippen LogP contribution in [0.25, 0.3) is 0 Å². The molecule has 1 heterocycles. The second kappa shape index (κ2) is 8.33. The van der Waals surface area contributed by atoms with Crippen LogP contribution < -0.4 is 13.7 Å². The van der Waals surface area contributed by atoms with Crippen LogP contribution in [0.5, 0.6) is 17.2 Å². The largest absolute Gasteiger partial charge is 0.534 e. The number of fused-ring (bicyclic) bond motifs is 3. The molecule has 0 spiro atoms. The molecule has 0 amide bonds. The number of rotatable bonds is 4. The molecule has 2 aromatic rings. The lowest BCUT2D eigenvalue weighted by Gasteiger charge is -2.46. The van der Waals surface area contributed by atoms with E-state index in [0.717, 1.165) is 30.5 Å². The lowest BCUT2D eigenvalue weighted by Crippen LogP contribution is -2.45. The van der Waals surface area contributed by atoms with Gasteiger partial charge in [-0.3, -0.25) is 0 Å². The Bertz CT molecular complexity index is 1250. The summed E-state index contributed by atoms with van der Waals surface area (Å²) in [6.45, 7) is 5.69. The first kappa shape index (κ1) is 24.1. The summed E-state index contributed by atoms with van der Waals surface area (Å²) in [6.07, 6.45) is 3.68. The quantitative estimate of drug-likeness (QED) is 0.176. The van der Waals surface area contributed by atoms with Gasteiger partial charge >= 0.3 is 21.6 Å². The summed E-state index contributed by atoms with van der Waals surface area (Å²) in [4.78, 5) is 12.8. The van der Waals surface area contributed by atoms with Gasteiger partial charge in [-0.1, -0.05) is 29.8 Å². The summed E-state index contributed by atoms with van der Waals surface area (Å²) in [7, 11) is -5.94. The fourth-order valence-electron chi connectivity index (χ4n) is 4.52. The number of carbonyl (C=O) groups excluding carboxylic acids is 1. The minimum absolute atomic E-state index is 0.00329. The molecule has 0 bridgehead atoms. The molecule has 2 aliphatic rings. The van der Waals surface area contributed by atoms with Gasteiger partial charge in [-0.05, 0) is 45.7 Å². The number of carbonyl (C=O) groups is 1. The molecule has 0 aromatic heterocycles. The molecule has 0 saturated heterocycles. The van der Waals surface area contributed by atoms with Crippen LogP contribution in [0, 0.1) is 5.92 Å². The van der Waals surface area contributed by atoms with Gasteiger partial charge < -0.3 is 13.7 Å². The van der Waals surface area contributed by atoms with E-state index in [1.807, 2.05) is 26.8 Å². The minimum atomic E-state index is -5.94. The van der Waals surface area contributed by atoms with E-state index in [1.54, 1.807) is 18.2 Å². The number of hydrogen-bond acceptors (Lipinski definition) is 6. The van der Waals surface area contributed by atoms with Crippen molar-refractivity contribution in [2.75, 3.05) is 0 Å². The molecule has 1 aliphatic carbocycles. The Hall–Kier alpha value is -3.01. The zero-order chi connectivity index (χ0) is 24.9. The zero-order valence-electron chi connectivity index (χ0n) is 18.7. The molecule has 34 heavy (non-hydrogen) atoms. The number of ether oxygens (including phenoxy) is 2. The van der Waals surface area contributed by atoms with E-state index in [2.05, 4.69) is 4.18 Å². The standard InChI is InChI=1S/C24H23F3O6S/c1-14-9-10-18-17(11-14)21-19(31-22(28)15-7-5-4-6-8-15)12-16(13-20(21)32-23(18,2)3)33-34(29,30)24(25,26)27/h4-8,11-13,17-18H,9-10H2,1-3H3. The summed E-state index contributed by atoms with van der Waals surface area (Å²) >= 11 is 0. The van der Waals surface area contributed by atoms with E-state index in [-0.39, 0.29) is 28.9 Å². The SMILES string of the molecule is CC1=CC2c3c(OC(=O)c4ccccc4)cc(OS(=O)(=O)C(F)(F)F)cc3OC(C)(C)C2CC1. The molecule has 2 aromatic carbocycles. The van der Waals surface area contributed by atoms with Gasteiger partial charge in [-0.25, -0.2) is 4.79 Å².